The van der Waals surface area contributed by atoms with Crippen LogP contribution in [0.15, 0.2) is 54.6 Å². The number of aryl methyl sites for hydroxylation is 3. The Morgan fingerprint density at radius 1 is 0.880 bits per heavy atom. The van der Waals surface area contributed by atoms with Gasteiger partial charge in [-0.05, 0) is 67.3 Å². The van der Waals surface area contributed by atoms with Crippen molar-refractivity contribution in [2.75, 3.05) is 0 Å². The van der Waals surface area contributed by atoms with Gasteiger partial charge in [-0.25, -0.2) is 0 Å². The van der Waals surface area contributed by atoms with Crippen molar-refractivity contribution in [1.29, 1.82) is 0 Å². The molecular weight excluding hydrogens is 300 g/mol. The molecule has 0 N–H and O–H groups in total. The normalized spacial score (nSPS) is 10.8. The van der Waals surface area contributed by atoms with E-state index in [1.807, 2.05) is 0 Å². The zero-order chi connectivity index (χ0) is 18.1. The second kappa shape index (κ2) is 10.2. The Bertz CT molecular complexity index is 678. The zero-order valence-corrected chi connectivity index (χ0v) is 16.4. The third-order valence-corrected chi connectivity index (χ3v) is 4.99. The quantitative estimate of drug-likeness (QED) is 0.308. The molecule has 0 aliphatic heterocycles. The molecule has 0 bridgehead atoms. The second-order valence-corrected chi connectivity index (χ2v) is 7.43. The van der Waals surface area contributed by atoms with E-state index in [4.69, 9.17) is 0 Å². The van der Waals surface area contributed by atoms with Crippen molar-refractivity contribution in [1.82, 2.24) is 0 Å². The molecule has 0 nitrogen and oxygen atoms in total. The molecule has 25 heavy (non-hydrogen) atoms. The SMILES string of the molecule is C=C(C)CCc1ccccc1-c1ccc(CCCCCCC)cc1C. The van der Waals surface area contributed by atoms with Gasteiger partial charge in [0.1, 0.15) is 0 Å². The molecule has 0 fully saturated rings. The lowest BCUT2D eigenvalue weighted by Gasteiger charge is -2.14. The standard InChI is InChI=1S/C25H34/c1-5-6-7-8-9-12-22-16-18-24(21(4)19-22)25-14-11-10-13-23(25)17-15-20(2)3/h10-11,13-14,16,18-19H,2,5-9,12,15,17H2,1,3-4H3. The van der Waals surface area contributed by atoms with Crippen LogP contribution in [-0.2, 0) is 12.8 Å². The molecule has 0 heteroatoms. The zero-order valence-electron chi connectivity index (χ0n) is 16.4. The van der Waals surface area contributed by atoms with Gasteiger partial charge >= 0.3 is 0 Å². The van der Waals surface area contributed by atoms with Gasteiger partial charge in [-0.3, -0.25) is 0 Å². The maximum Gasteiger partial charge on any atom is -0.0149 e. The van der Waals surface area contributed by atoms with Gasteiger partial charge in [0, 0.05) is 0 Å². The summed E-state index contributed by atoms with van der Waals surface area (Å²) in [5.41, 5.74) is 8.33. The maximum atomic E-state index is 4.05. The molecular formula is C25H34. The summed E-state index contributed by atoms with van der Waals surface area (Å²) in [5, 5.41) is 0. The van der Waals surface area contributed by atoms with Gasteiger partial charge in [0.25, 0.3) is 0 Å². The molecule has 0 spiro atoms. The highest BCUT2D eigenvalue weighted by Crippen LogP contribution is 2.29. The Morgan fingerprint density at radius 2 is 1.64 bits per heavy atom. The molecule has 0 amide bonds. The van der Waals surface area contributed by atoms with Crippen molar-refractivity contribution in [3.63, 3.8) is 0 Å². The second-order valence-electron chi connectivity index (χ2n) is 7.43. The maximum absolute atomic E-state index is 4.05. The fourth-order valence-corrected chi connectivity index (χ4v) is 3.47. The highest BCUT2D eigenvalue weighted by atomic mass is 14.1. The Balaban J connectivity index is 2.09. The van der Waals surface area contributed by atoms with E-state index in [1.54, 1.807) is 0 Å². The smallest absolute Gasteiger partial charge is 0.0149 e. The van der Waals surface area contributed by atoms with Crippen LogP contribution in [0, 0.1) is 6.92 Å². The number of allylic oxidation sites excluding steroid dienone is 1. The summed E-state index contributed by atoms with van der Waals surface area (Å²) in [6, 6.07) is 15.9. The van der Waals surface area contributed by atoms with Crippen molar-refractivity contribution in [3.8, 4) is 11.1 Å². The number of rotatable bonds is 10. The minimum Gasteiger partial charge on any atom is -0.100 e. The largest absolute Gasteiger partial charge is 0.100 e. The van der Waals surface area contributed by atoms with E-state index in [-0.39, 0.29) is 0 Å². The van der Waals surface area contributed by atoms with Crippen LogP contribution in [0.3, 0.4) is 0 Å². The average Bonchev–Trinajstić information content (AvgIpc) is 2.60. The van der Waals surface area contributed by atoms with Crippen molar-refractivity contribution in [3.05, 3.63) is 71.3 Å². The third-order valence-electron chi connectivity index (χ3n) is 4.99. The van der Waals surface area contributed by atoms with Crippen LogP contribution in [0.5, 0.6) is 0 Å². The number of hydrogen-bond donors (Lipinski definition) is 0. The topological polar surface area (TPSA) is 0 Å². The van der Waals surface area contributed by atoms with Crippen molar-refractivity contribution in [2.45, 2.75) is 72.1 Å². The Kier molecular flexibility index (Phi) is 7.98. The van der Waals surface area contributed by atoms with E-state index in [0.717, 1.165) is 12.8 Å². The molecule has 0 atom stereocenters. The summed E-state index contributed by atoms with van der Waals surface area (Å²) >= 11 is 0. The fraction of sp³-hybridized carbons (Fsp3) is 0.440. The lowest BCUT2D eigenvalue weighted by molar-refractivity contribution is 0.632. The van der Waals surface area contributed by atoms with Crippen LogP contribution in [-0.4, -0.2) is 0 Å². The number of unbranched alkanes of at least 4 members (excludes halogenated alkanes) is 4. The first-order valence-corrected chi connectivity index (χ1v) is 9.94. The van der Waals surface area contributed by atoms with Crippen LogP contribution in [0.2, 0.25) is 0 Å². The summed E-state index contributed by atoms with van der Waals surface area (Å²) in [5.74, 6) is 0. The molecule has 2 aromatic rings. The molecule has 0 unspecified atom stereocenters. The molecule has 0 aromatic heterocycles. The molecule has 0 heterocycles. The molecule has 0 saturated carbocycles. The number of hydrogen-bond acceptors (Lipinski definition) is 0. The first-order chi connectivity index (χ1) is 12.1. The minimum absolute atomic E-state index is 1.06. The van der Waals surface area contributed by atoms with Crippen LogP contribution in [0.1, 0.15) is 69.1 Å². The fourth-order valence-electron chi connectivity index (χ4n) is 3.47. The highest BCUT2D eigenvalue weighted by molar-refractivity contribution is 5.71. The van der Waals surface area contributed by atoms with E-state index in [0.29, 0.717) is 0 Å². The van der Waals surface area contributed by atoms with E-state index in [1.165, 1.54) is 71.9 Å². The Morgan fingerprint density at radius 3 is 2.36 bits per heavy atom. The highest BCUT2D eigenvalue weighted by Gasteiger charge is 2.08. The van der Waals surface area contributed by atoms with Gasteiger partial charge in [0.2, 0.25) is 0 Å². The molecule has 2 rings (SSSR count). The molecule has 0 aliphatic rings. The first-order valence-electron chi connectivity index (χ1n) is 9.94. The van der Waals surface area contributed by atoms with E-state index in [9.17, 15) is 0 Å². The van der Waals surface area contributed by atoms with Gasteiger partial charge < -0.3 is 0 Å². The van der Waals surface area contributed by atoms with Gasteiger partial charge in [-0.1, -0.05) is 80.6 Å². The molecule has 0 radical (unpaired) electrons. The third kappa shape index (κ3) is 6.20. The van der Waals surface area contributed by atoms with Crippen molar-refractivity contribution in [2.24, 2.45) is 0 Å². The predicted molar refractivity (Wildman–Crippen MR) is 112 cm³/mol. The Labute approximate surface area is 155 Å². The molecule has 134 valence electrons. The lowest BCUT2D eigenvalue weighted by Crippen LogP contribution is -1.94. The predicted octanol–water partition coefficient (Wildman–Crippen LogP) is 7.68. The average molecular weight is 335 g/mol. The van der Waals surface area contributed by atoms with Crippen LogP contribution in [0.25, 0.3) is 11.1 Å². The monoisotopic (exact) mass is 334 g/mol. The van der Waals surface area contributed by atoms with Crippen LogP contribution >= 0.6 is 0 Å². The minimum atomic E-state index is 1.06. The van der Waals surface area contributed by atoms with Crippen LogP contribution in [0.4, 0.5) is 0 Å². The van der Waals surface area contributed by atoms with Gasteiger partial charge in [0.15, 0.2) is 0 Å². The summed E-state index contributed by atoms with van der Waals surface area (Å²) in [6.45, 7) is 10.7. The summed E-state index contributed by atoms with van der Waals surface area (Å²) < 4.78 is 0. The molecule has 0 aliphatic carbocycles. The number of benzene rings is 2. The molecule has 0 saturated heterocycles. The first kappa shape index (κ1) is 19.5. The summed E-state index contributed by atoms with van der Waals surface area (Å²) in [7, 11) is 0. The molecule has 2 aromatic carbocycles. The van der Waals surface area contributed by atoms with Crippen molar-refractivity contribution >= 4 is 0 Å². The van der Waals surface area contributed by atoms with E-state index >= 15 is 0 Å². The summed E-state index contributed by atoms with van der Waals surface area (Å²) in [4.78, 5) is 0. The van der Waals surface area contributed by atoms with Crippen molar-refractivity contribution < 1.29 is 0 Å². The Hall–Kier alpha value is -1.82. The summed E-state index contributed by atoms with van der Waals surface area (Å²) in [6.07, 6.45) is 10.1. The van der Waals surface area contributed by atoms with E-state index in [2.05, 4.69) is 69.8 Å². The van der Waals surface area contributed by atoms with Gasteiger partial charge in [-0.15, -0.1) is 6.58 Å². The van der Waals surface area contributed by atoms with Gasteiger partial charge in [-0.2, -0.15) is 0 Å². The van der Waals surface area contributed by atoms with E-state index < -0.39 is 0 Å². The van der Waals surface area contributed by atoms with Crippen LogP contribution < -0.4 is 0 Å². The van der Waals surface area contributed by atoms with Gasteiger partial charge in [0.05, 0.1) is 0 Å². The lowest BCUT2D eigenvalue weighted by atomic mass is 9.91.